The van der Waals surface area contributed by atoms with Crippen LogP contribution < -0.4 is 0 Å². The number of ether oxygens (including phenoxy) is 2. The Labute approximate surface area is 102 Å². The van der Waals surface area contributed by atoms with Gasteiger partial charge in [0.2, 0.25) is 0 Å². The summed E-state index contributed by atoms with van der Waals surface area (Å²) < 4.78 is 11.0. The lowest BCUT2D eigenvalue weighted by Gasteiger charge is -2.28. The van der Waals surface area contributed by atoms with E-state index in [4.69, 9.17) is 21.1 Å². The van der Waals surface area contributed by atoms with Gasteiger partial charge in [0, 0.05) is 0 Å². The van der Waals surface area contributed by atoms with E-state index in [0.29, 0.717) is 19.8 Å². The lowest BCUT2D eigenvalue weighted by molar-refractivity contribution is -0.0892. The molecule has 0 bridgehead atoms. The van der Waals surface area contributed by atoms with Gasteiger partial charge in [0.05, 0.1) is 25.2 Å². The van der Waals surface area contributed by atoms with Crippen LogP contribution >= 0.6 is 11.6 Å². The summed E-state index contributed by atoms with van der Waals surface area (Å²) >= 11 is 6.46. The third-order valence-corrected chi connectivity index (χ3v) is 3.42. The standard InChI is InChI=1S/C13H17ClO2/c1-9-3-4-10(2)11(7-9)13(14)12-8-15-5-6-16-12/h3-4,7,12-13H,5-6,8H2,1-2H3. The molecule has 2 rings (SSSR count). The number of benzene rings is 1. The van der Waals surface area contributed by atoms with Gasteiger partial charge < -0.3 is 9.47 Å². The minimum Gasteiger partial charge on any atom is -0.376 e. The summed E-state index contributed by atoms with van der Waals surface area (Å²) in [5.74, 6) is 0. The summed E-state index contributed by atoms with van der Waals surface area (Å²) in [5.41, 5.74) is 3.58. The average molecular weight is 241 g/mol. The fraction of sp³-hybridized carbons (Fsp3) is 0.538. The maximum Gasteiger partial charge on any atom is 0.101 e. The molecule has 0 radical (unpaired) electrons. The van der Waals surface area contributed by atoms with Gasteiger partial charge in [-0.15, -0.1) is 11.6 Å². The minimum atomic E-state index is -0.125. The molecule has 16 heavy (non-hydrogen) atoms. The summed E-state index contributed by atoms with van der Waals surface area (Å²) in [5, 5.41) is -0.125. The molecule has 0 spiro atoms. The number of hydrogen-bond donors (Lipinski definition) is 0. The van der Waals surface area contributed by atoms with Gasteiger partial charge in [-0.2, -0.15) is 0 Å². The van der Waals surface area contributed by atoms with Crippen molar-refractivity contribution in [3.8, 4) is 0 Å². The first-order valence-corrected chi connectivity index (χ1v) is 6.02. The highest BCUT2D eigenvalue weighted by atomic mass is 35.5. The molecule has 1 aliphatic rings. The quantitative estimate of drug-likeness (QED) is 0.740. The highest BCUT2D eigenvalue weighted by Crippen LogP contribution is 2.30. The molecule has 2 nitrogen and oxygen atoms in total. The van der Waals surface area contributed by atoms with Gasteiger partial charge in [-0.1, -0.05) is 23.8 Å². The molecule has 0 amide bonds. The molecule has 1 heterocycles. The van der Waals surface area contributed by atoms with E-state index in [-0.39, 0.29) is 11.5 Å². The number of hydrogen-bond acceptors (Lipinski definition) is 2. The molecule has 0 N–H and O–H groups in total. The third-order valence-electron chi connectivity index (χ3n) is 2.90. The fourth-order valence-corrected chi connectivity index (χ4v) is 2.31. The number of halogens is 1. The summed E-state index contributed by atoms with van der Waals surface area (Å²) in [4.78, 5) is 0. The molecule has 0 saturated carbocycles. The van der Waals surface area contributed by atoms with E-state index in [1.165, 1.54) is 11.1 Å². The molecule has 1 aromatic rings. The number of aryl methyl sites for hydroxylation is 2. The average Bonchev–Trinajstić information content (AvgIpc) is 2.32. The first kappa shape index (κ1) is 11.9. The second kappa shape index (κ2) is 5.17. The molecule has 1 aromatic carbocycles. The zero-order valence-electron chi connectivity index (χ0n) is 9.70. The van der Waals surface area contributed by atoms with E-state index < -0.39 is 0 Å². The van der Waals surface area contributed by atoms with Gasteiger partial charge in [0.25, 0.3) is 0 Å². The number of alkyl halides is 1. The maximum absolute atomic E-state index is 6.46. The monoisotopic (exact) mass is 240 g/mol. The van der Waals surface area contributed by atoms with Crippen LogP contribution in [-0.4, -0.2) is 25.9 Å². The minimum absolute atomic E-state index is 0.0316. The lowest BCUT2D eigenvalue weighted by atomic mass is 9.99. The van der Waals surface area contributed by atoms with Crippen LogP contribution in [0, 0.1) is 13.8 Å². The van der Waals surface area contributed by atoms with Crippen molar-refractivity contribution in [2.75, 3.05) is 19.8 Å². The third kappa shape index (κ3) is 2.57. The summed E-state index contributed by atoms with van der Waals surface area (Å²) in [6.07, 6.45) is -0.0316. The zero-order valence-corrected chi connectivity index (χ0v) is 10.5. The van der Waals surface area contributed by atoms with Crippen LogP contribution in [0.3, 0.4) is 0 Å². The predicted molar refractivity (Wildman–Crippen MR) is 65.1 cm³/mol. The molecule has 3 heteroatoms. The van der Waals surface area contributed by atoms with E-state index in [0.717, 1.165) is 5.56 Å². The highest BCUT2D eigenvalue weighted by Gasteiger charge is 2.25. The molecule has 2 atom stereocenters. The summed E-state index contributed by atoms with van der Waals surface area (Å²) in [7, 11) is 0. The van der Waals surface area contributed by atoms with E-state index in [9.17, 15) is 0 Å². The maximum atomic E-state index is 6.46. The normalized spacial score (nSPS) is 23.1. The van der Waals surface area contributed by atoms with E-state index in [2.05, 4.69) is 32.0 Å². The Hall–Kier alpha value is -0.570. The Kier molecular flexibility index (Phi) is 3.85. The van der Waals surface area contributed by atoms with Crippen LogP contribution in [0.2, 0.25) is 0 Å². The van der Waals surface area contributed by atoms with Crippen LogP contribution in [0.5, 0.6) is 0 Å². The van der Waals surface area contributed by atoms with Crippen molar-refractivity contribution in [3.05, 3.63) is 34.9 Å². The van der Waals surface area contributed by atoms with Crippen molar-refractivity contribution in [2.24, 2.45) is 0 Å². The first-order valence-electron chi connectivity index (χ1n) is 5.59. The second-order valence-corrected chi connectivity index (χ2v) is 4.72. The second-order valence-electron chi connectivity index (χ2n) is 4.25. The smallest absolute Gasteiger partial charge is 0.101 e. The largest absolute Gasteiger partial charge is 0.376 e. The molecule has 2 unspecified atom stereocenters. The van der Waals surface area contributed by atoms with Gasteiger partial charge >= 0.3 is 0 Å². The lowest BCUT2D eigenvalue weighted by Crippen LogP contribution is -2.32. The Morgan fingerprint density at radius 2 is 2.12 bits per heavy atom. The molecule has 1 saturated heterocycles. The molecule has 0 aliphatic carbocycles. The SMILES string of the molecule is Cc1ccc(C)c(C(Cl)C2COCCO2)c1. The van der Waals surface area contributed by atoms with Crippen LogP contribution in [-0.2, 0) is 9.47 Å². The molecule has 88 valence electrons. The molecule has 1 aliphatic heterocycles. The summed E-state index contributed by atoms with van der Waals surface area (Å²) in [6, 6.07) is 6.33. The van der Waals surface area contributed by atoms with E-state index >= 15 is 0 Å². The fourth-order valence-electron chi connectivity index (χ4n) is 1.93. The van der Waals surface area contributed by atoms with Crippen LogP contribution in [0.15, 0.2) is 18.2 Å². The Morgan fingerprint density at radius 1 is 1.31 bits per heavy atom. The predicted octanol–water partition coefficient (Wildman–Crippen LogP) is 3.00. The van der Waals surface area contributed by atoms with E-state index in [1.807, 2.05) is 0 Å². The van der Waals surface area contributed by atoms with Gasteiger partial charge in [-0.25, -0.2) is 0 Å². The van der Waals surface area contributed by atoms with Crippen molar-refractivity contribution >= 4 is 11.6 Å². The zero-order chi connectivity index (χ0) is 11.5. The number of rotatable bonds is 2. The van der Waals surface area contributed by atoms with Crippen molar-refractivity contribution < 1.29 is 9.47 Å². The Balaban J connectivity index is 2.18. The van der Waals surface area contributed by atoms with Crippen LogP contribution in [0.25, 0.3) is 0 Å². The van der Waals surface area contributed by atoms with Crippen LogP contribution in [0.4, 0.5) is 0 Å². The Bertz CT molecular complexity index is 359. The van der Waals surface area contributed by atoms with E-state index in [1.54, 1.807) is 0 Å². The van der Waals surface area contributed by atoms with Gasteiger partial charge in [0.15, 0.2) is 0 Å². The summed E-state index contributed by atoms with van der Waals surface area (Å²) in [6.45, 7) is 6.05. The van der Waals surface area contributed by atoms with Crippen molar-refractivity contribution in [1.82, 2.24) is 0 Å². The molecule has 1 fully saturated rings. The van der Waals surface area contributed by atoms with Gasteiger partial charge in [-0.05, 0) is 25.0 Å². The van der Waals surface area contributed by atoms with Gasteiger partial charge in [-0.3, -0.25) is 0 Å². The topological polar surface area (TPSA) is 18.5 Å². The van der Waals surface area contributed by atoms with Gasteiger partial charge in [0.1, 0.15) is 6.10 Å². The van der Waals surface area contributed by atoms with Crippen molar-refractivity contribution in [1.29, 1.82) is 0 Å². The molecule has 0 aromatic heterocycles. The first-order chi connectivity index (χ1) is 7.68. The molecular formula is C13H17ClO2. The van der Waals surface area contributed by atoms with Crippen LogP contribution in [0.1, 0.15) is 22.1 Å². The molecular weight excluding hydrogens is 224 g/mol. The highest BCUT2D eigenvalue weighted by molar-refractivity contribution is 6.21. The Morgan fingerprint density at radius 3 is 2.81 bits per heavy atom. The van der Waals surface area contributed by atoms with Crippen molar-refractivity contribution in [3.63, 3.8) is 0 Å². The van der Waals surface area contributed by atoms with Crippen molar-refractivity contribution in [2.45, 2.75) is 25.3 Å².